The van der Waals surface area contributed by atoms with E-state index in [0.717, 1.165) is 57.8 Å². The second-order valence-electron chi connectivity index (χ2n) is 15.6. The Morgan fingerprint density at radius 2 is 1.00 bits per heavy atom. The molecule has 2 atom stereocenters. The van der Waals surface area contributed by atoms with Gasteiger partial charge in [-0.15, -0.1) is 0 Å². The molecule has 0 rings (SSSR count). The smallest absolute Gasteiger partial charge is 0.306 e. The average Bonchev–Trinajstić information content (AvgIpc) is 3.19. The van der Waals surface area contributed by atoms with E-state index in [-0.39, 0.29) is 43.1 Å². The Hall–Kier alpha value is -4.01. The number of hydrogen-bond donors (Lipinski definition) is 0. The summed E-state index contributed by atoms with van der Waals surface area (Å²) < 4.78 is 17.1. The first-order valence-electron chi connectivity index (χ1n) is 22.5. The number of nitrogens with zero attached hydrogens (tertiary/aromatic N) is 1. The lowest BCUT2D eigenvalue weighted by atomic mass is 10.1. The molecule has 0 N–H and O–H groups in total. The van der Waals surface area contributed by atoms with E-state index in [1.807, 2.05) is 54.7 Å². The van der Waals surface area contributed by atoms with Crippen molar-refractivity contribution in [2.24, 2.45) is 0 Å². The van der Waals surface area contributed by atoms with E-state index in [4.69, 9.17) is 14.2 Å². The molecule has 0 aliphatic carbocycles. The highest BCUT2D eigenvalue weighted by molar-refractivity contribution is 5.70. The molecule has 0 aromatic carbocycles. The second kappa shape index (κ2) is 40.8. The molecule has 0 aliphatic rings. The van der Waals surface area contributed by atoms with Gasteiger partial charge in [-0.1, -0.05) is 168 Å². The van der Waals surface area contributed by atoms with Crippen LogP contribution in [0.1, 0.15) is 142 Å². The number of carbonyl (C=O) groups excluding carboxylic acids is 3. The van der Waals surface area contributed by atoms with Gasteiger partial charge in [0.2, 0.25) is 0 Å². The number of quaternary nitrogens is 1. The van der Waals surface area contributed by atoms with Crippen LogP contribution in [0.5, 0.6) is 0 Å². The monoisotopic (exact) mass is 820 g/mol. The predicted molar refractivity (Wildman–Crippen MR) is 244 cm³/mol. The zero-order valence-electron chi connectivity index (χ0n) is 37.6. The van der Waals surface area contributed by atoms with E-state index in [1.54, 1.807) is 21.1 Å². The van der Waals surface area contributed by atoms with Gasteiger partial charge in [-0.05, 0) is 64.2 Å². The van der Waals surface area contributed by atoms with Crippen LogP contribution in [0, 0.1) is 0 Å². The third-order valence-electron chi connectivity index (χ3n) is 9.28. The maximum Gasteiger partial charge on any atom is 0.306 e. The Morgan fingerprint density at radius 1 is 0.525 bits per heavy atom. The minimum atomic E-state index is -1.14. The number of likely N-dealkylation sites (N-methyl/N-ethyl adjacent to an activating group) is 1. The number of aliphatic carboxylic acids is 1. The lowest BCUT2D eigenvalue weighted by Gasteiger charge is -2.34. The topological polar surface area (TPSA) is 102 Å². The summed E-state index contributed by atoms with van der Waals surface area (Å²) in [5.74, 6) is -1.86. The van der Waals surface area contributed by atoms with Gasteiger partial charge in [-0.3, -0.25) is 9.59 Å². The fraction of sp³-hybridized carbons (Fsp3) is 0.588. The van der Waals surface area contributed by atoms with Crippen LogP contribution in [0.15, 0.2) is 109 Å². The van der Waals surface area contributed by atoms with Gasteiger partial charge in [-0.25, -0.2) is 0 Å². The van der Waals surface area contributed by atoms with Gasteiger partial charge in [0.05, 0.1) is 40.3 Å². The molecule has 0 bridgehead atoms. The molecule has 0 saturated carbocycles. The van der Waals surface area contributed by atoms with Gasteiger partial charge in [0.25, 0.3) is 0 Å². The number of carboxylic acids is 1. The van der Waals surface area contributed by atoms with Gasteiger partial charge in [-0.2, -0.15) is 0 Å². The van der Waals surface area contributed by atoms with Gasteiger partial charge in [0.1, 0.15) is 12.6 Å². The first-order valence-corrected chi connectivity index (χ1v) is 22.5. The van der Waals surface area contributed by atoms with Crippen LogP contribution < -0.4 is 5.11 Å². The lowest BCUT2D eigenvalue weighted by molar-refractivity contribution is -0.889. The normalized spacial score (nSPS) is 14.0. The van der Waals surface area contributed by atoms with E-state index < -0.39 is 24.1 Å². The van der Waals surface area contributed by atoms with Crippen LogP contribution in [-0.2, 0) is 28.6 Å². The fourth-order valence-corrected chi connectivity index (χ4v) is 5.86. The van der Waals surface area contributed by atoms with Crippen molar-refractivity contribution >= 4 is 17.9 Å². The molecule has 332 valence electrons. The summed E-state index contributed by atoms with van der Waals surface area (Å²) in [6, 6.07) is -0.746. The van der Waals surface area contributed by atoms with Crippen molar-refractivity contribution in [1.82, 2.24) is 0 Å². The van der Waals surface area contributed by atoms with Gasteiger partial charge < -0.3 is 28.6 Å². The molecule has 0 aromatic rings. The lowest BCUT2D eigenvalue weighted by Crippen LogP contribution is -2.55. The van der Waals surface area contributed by atoms with E-state index in [9.17, 15) is 19.5 Å². The van der Waals surface area contributed by atoms with Crippen LogP contribution in [0.2, 0.25) is 0 Å². The zero-order valence-corrected chi connectivity index (χ0v) is 37.6. The standard InChI is InChI=1S/C51H81NO7/c1-6-8-10-12-14-16-18-20-21-22-23-24-25-26-27-28-30-31-33-35-37-39-41-49(53)58-46-47(45-57-44-43-48(51(55)56)52(3,4)5)59-50(54)42-40-38-36-34-32-29-19-17-15-13-11-9-7-2/h8-11,13-17,19-21,23-24,29,32,34,36,47-48H,6-7,12,18,22,25-28,30-31,33,35,37-46H2,1-5H3/b10-8+,11-9+,15-13+,16-14+,19-17+,21-20+,24-23+,32-29+,36-34+. The highest BCUT2D eigenvalue weighted by atomic mass is 16.6. The molecule has 8 nitrogen and oxygen atoms in total. The number of ether oxygens (including phenoxy) is 3. The number of allylic oxidation sites excluding steroid dienone is 18. The van der Waals surface area contributed by atoms with Crippen molar-refractivity contribution in [3.05, 3.63) is 109 Å². The number of hydrogen-bond acceptors (Lipinski definition) is 7. The van der Waals surface area contributed by atoms with Crippen LogP contribution in [0.3, 0.4) is 0 Å². The molecule has 0 radical (unpaired) electrons. The Morgan fingerprint density at radius 3 is 1.56 bits per heavy atom. The Bertz CT molecular complexity index is 1330. The summed E-state index contributed by atoms with van der Waals surface area (Å²) >= 11 is 0. The van der Waals surface area contributed by atoms with Gasteiger partial charge in [0, 0.05) is 19.3 Å². The van der Waals surface area contributed by atoms with Crippen LogP contribution in [0.25, 0.3) is 0 Å². The molecule has 59 heavy (non-hydrogen) atoms. The van der Waals surface area contributed by atoms with E-state index >= 15 is 0 Å². The average molecular weight is 820 g/mol. The summed E-state index contributed by atoms with van der Waals surface area (Å²) in [5, 5.41) is 11.6. The first kappa shape index (κ1) is 55.0. The SMILES string of the molecule is CC/C=C/C=C/C=C/C=C/C=C/CCCC(=O)OC(COCCC(C(=O)[O-])[N+](C)(C)C)COC(=O)CCCCCCCCCCC/C=C/C/C=C/C/C=C/C/C=C/CC. The zero-order chi connectivity index (χ0) is 43.5. The number of esters is 2. The molecule has 0 heterocycles. The fourth-order valence-electron chi connectivity index (χ4n) is 5.86. The summed E-state index contributed by atoms with van der Waals surface area (Å²) in [6.07, 6.45) is 55.6. The molecule has 0 amide bonds. The van der Waals surface area contributed by atoms with Gasteiger partial charge in [0.15, 0.2) is 6.10 Å². The minimum absolute atomic E-state index is 0.00264. The Balaban J connectivity index is 4.37. The van der Waals surface area contributed by atoms with Crippen molar-refractivity contribution in [3.8, 4) is 0 Å². The second-order valence-corrected chi connectivity index (χ2v) is 15.6. The minimum Gasteiger partial charge on any atom is -0.544 e. The van der Waals surface area contributed by atoms with Crippen LogP contribution in [0.4, 0.5) is 0 Å². The Kier molecular flexibility index (Phi) is 38.0. The van der Waals surface area contributed by atoms with Crippen molar-refractivity contribution in [2.45, 2.75) is 154 Å². The summed E-state index contributed by atoms with van der Waals surface area (Å²) in [5.41, 5.74) is 0. The van der Waals surface area contributed by atoms with Crippen LogP contribution >= 0.6 is 0 Å². The number of rotatable bonds is 38. The highest BCUT2D eigenvalue weighted by Gasteiger charge is 2.25. The quantitative estimate of drug-likeness (QED) is 0.0201. The summed E-state index contributed by atoms with van der Waals surface area (Å²) in [6.45, 7) is 4.29. The van der Waals surface area contributed by atoms with E-state index in [2.05, 4.69) is 68.5 Å². The van der Waals surface area contributed by atoms with Crippen molar-refractivity contribution in [3.63, 3.8) is 0 Å². The third kappa shape index (κ3) is 39.2. The first-order chi connectivity index (χ1) is 28.6. The largest absolute Gasteiger partial charge is 0.544 e. The third-order valence-corrected chi connectivity index (χ3v) is 9.28. The maximum atomic E-state index is 12.7. The molecule has 0 aromatic heterocycles. The van der Waals surface area contributed by atoms with Gasteiger partial charge >= 0.3 is 11.9 Å². The molecule has 0 saturated heterocycles. The number of unbranched alkanes of at least 4 members (excludes halogenated alkanes) is 10. The van der Waals surface area contributed by atoms with E-state index in [1.165, 1.54) is 38.5 Å². The predicted octanol–water partition coefficient (Wildman–Crippen LogP) is 11.1. The molecule has 0 spiro atoms. The van der Waals surface area contributed by atoms with E-state index in [0.29, 0.717) is 19.3 Å². The molecule has 2 unspecified atom stereocenters. The Labute approximate surface area is 359 Å². The molecule has 0 fully saturated rings. The number of carboxylic acid groups (broad SMARTS) is 1. The molecular weight excluding hydrogens is 739 g/mol. The van der Waals surface area contributed by atoms with Crippen molar-refractivity contribution in [1.29, 1.82) is 0 Å². The van der Waals surface area contributed by atoms with Crippen molar-refractivity contribution < 1.29 is 38.2 Å². The molecule has 8 heteroatoms. The van der Waals surface area contributed by atoms with Crippen molar-refractivity contribution in [2.75, 3.05) is 41.0 Å². The maximum absolute atomic E-state index is 12.7. The summed E-state index contributed by atoms with van der Waals surface area (Å²) in [7, 11) is 5.36. The molecule has 0 aliphatic heterocycles. The van der Waals surface area contributed by atoms with Crippen LogP contribution in [-0.4, -0.2) is 75.5 Å². The summed E-state index contributed by atoms with van der Waals surface area (Å²) in [4.78, 5) is 36.8. The molecular formula is C51H81NO7. The number of carbonyl (C=O) groups is 3. The highest BCUT2D eigenvalue weighted by Crippen LogP contribution is 2.13.